The van der Waals surface area contributed by atoms with Gasteiger partial charge in [0.05, 0.1) is 0 Å². The van der Waals surface area contributed by atoms with Crippen molar-refractivity contribution in [2.75, 3.05) is 0 Å². The van der Waals surface area contributed by atoms with Crippen LogP contribution < -0.4 is 0 Å². The molecule has 1 aliphatic rings. The molecule has 0 aromatic heterocycles. The van der Waals surface area contributed by atoms with E-state index in [1.807, 2.05) is 18.2 Å². The second-order valence-corrected chi connectivity index (χ2v) is 8.92. The average molecular weight is 454 g/mol. The third-order valence-corrected chi connectivity index (χ3v) is 3.49. The second-order valence-electron chi connectivity index (χ2n) is 7.36. The van der Waals surface area contributed by atoms with E-state index in [2.05, 4.69) is 97.1 Å². The Kier molecular flexibility index (Phi) is 15.4. The van der Waals surface area contributed by atoms with Crippen LogP contribution in [-0.4, -0.2) is 8.92 Å². The van der Waals surface area contributed by atoms with E-state index in [1.165, 1.54) is 14.9 Å². The van der Waals surface area contributed by atoms with Gasteiger partial charge in [-0.3, -0.25) is 0 Å². The first-order chi connectivity index (χ1) is 12.2. The summed E-state index contributed by atoms with van der Waals surface area (Å²) in [5.41, 5.74) is 3.78. The first kappa shape index (κ1) is 29.1. The van der Waals surface area contributed by atoms with Gasteiger partial charge in [-0.2, -0.15) is 17.7 Å². The number of aromatic hydroxyl groups is 1. The van der Waals surface area contributed by atoms with Crippen molar-refractivity contribution in [2.24, 2.45) is 0 Å². The molecule has 2 aromatic carbocycles. The average Bonchev–Trinajstić information content (AvgIpc) is 3.09. The van der Waals surface area contributed by atoms with Gasteiger partial charge in [-0.15, -0.1) is 48.6 Å². The van der Waals surface area contributed by atoms with Gasteiger partial charge in [-0.1, -0.05) is 57.5 Å². The summed E-state index contributed by atoms with van der Waals surface area (Å²) in [5.74, 6) is 0.345. The van der Waals surface area contributed by atoms with Crippen LogP contribution in [0.4, 0.5) is 0 Å². The summed E-state index contributed by atoms with van der Waals surface area (Å²) in [6.45, 7) is 10.5. The molecule has 0 aliphatic heterocycles. The molecule has 0 bridgehead atoms. The molecule has 1 aliphatic carbocycles. The zero-order valence-electron chi connectivity index (χ0n) is 17.3. The Bertz CT molecular complexity index is 756. The standard InChI is InChI=1S/C11H9.C10H14O.C3H6.2ClH.Ti/c1-2-6-10(7-3-1)11-8-4-5-9-11;1-10(2,3)8-5-4-6-9(11)7-8;1-3-2;;;/h1-4,6-8H,5H2;4-7,11H,1-3H3;1-2H3;2*1H;/q-1;;;;;+1. The van der Waals surface area contributed by atoms with E-state index >= 15 is 0 Å². The van der Waals surface area contributed by atoms with Gasteiger partial charge < -0.3 is 5.11 Å². The second kappa shape index (κ2) is 14.8. The molecule has 0 radical (unpaired) electrons. The number of phenols is 1. The molecule has 0 amide bonds. The molecular weight excluding hydrogens is 423 g/mol. The molecule has 1 N–H and O–H groups in total. The van der Waals surface area contributed by atoms with Gasteiger partial charge >= 0.3 is 37.6 Å². The third-order valence-electron chi connectivity index (χ3n) is 3.49. The van der Waals surface area contributed by atoms with Gasteiger partial charge in [0.25, 0.3) is 0 Å². The summed E-state index contributed by atoms with van der Waals surface area (Å²) in [7, 11) is 0. The maximum absolute atomic E-state index is 9.18. The van der Waals surface area contributed by atoms with Crippen molar-refractivity contribution in [3.63, 3.8) is 0 Å². The Morgan fingerprint density at radius 3 is 1.93 bits per heavy atom. The number of allylic oxidation sites excluding steroid dienone is 4. The molecule has 0 fully saturated rings. The minimum Gasteiger partial charge on any atom is -0.197 e. The van der Waals surface area contributed by atoms with Crippen LogP contribution in [0.5, 0.6) is 5.75 Å². The Labute approximate surface area is 194 Å². The van der Waals surface area contributed by atoms with Crippen LogP contribution in [0.15, 0.2) is 66.7 Å². The van der Waals surface area contributed by atoms with Crippen LogP contribution >= 0.6 is 24.8 Å². The van der Waals surface area contributed by atoms with Gasteiger partial charge in [0.1, 0.15) is 5.75 Å². The van der Waals surface area contributed by atoms with Crippen LogP contribution in [0.1, 0.15) is 52.2 Å². The molecular formula is C24H31Cl2OTi. The summed E-state index contributed by atoms with van der Waals surface area (Å²) >= 11 is 2.08. The minimum absolute atomic E-state index is 0. The molecule has 0 saturated heterocycles. The molecule has 0 saturated carbocycles. The summed E-state index contributed by atoms with van der Waals surface area (Å²) in [6, 6.07) is 17.7. The van der Waals surface area contributed by atoms with Gasteiger partial charge in [0.2, 0.25) is 0 Å². The van der Waals surface area contributed by atoms with Crippen molar-refractivity contribution in [3.8, 4) is 5.75 Å². The number of hydrogen-bond donors (Lipinski definition) is 1. The molecule has 151 valence electrons. The van der Waals surface area contributed by atoms with E-state index in [1.54, 1.807) is 12.1 Å². The molecule has 1 nitrogen and oxygen atoms in total. The van der Waals surface area contributed by atoms with Crippen LogP contribution in [0.2, 0.25) is 0 Å². The number of halogens is 2. The summed E-state index contributed by atoms with van der Waals surface area (Å²) in [6.07, 6.45) is 8.49. The van der Waals surface area contributed by atoms with E-state index in [4.69, 9.17) is 0 Å². The van der Waals surface area contributed by atoms with Crippen molar-refractivity contribution in [1.29, 1.82) is 0 Å². The molecule has 0 spiro atoms. The fraction of sp³-hybridized carbons (Fsp3) is 0.292. The molecule has 2 aromatic rings. The van der Waals surface area contributed by atoms with E-state index in [-0.39, 0.29) is 30.2 Å². The Balaban J connectivity index is 0. The van der Waals surface area contributed by atoms with Crippen molar-refractivity contribution >= 4 is 34.2 Å². The largest absolute Gasteiger partial charge is 0.197 e. The normalized spacial score (nSPS) is 11.5. The number of phenolic OH excluding ortho intramolecular Hbond substituents is 1. The van der Waals surface area contributed by atoms with Crippen molar-refractivity contribution < 1.29 is 25.1 Å². The molecule has 0 unspecified atom stereocenters. The predicted octanol–water partition coefficient (Wildman–Crippen LogP) is 7.11. The first-order valence-corrected chi connectivity index (χ1v) is 9.62. The van der Waals surface area contributed by atoms with Crippen molar-refractivity contribution in [1.82, 2.24) is 0 Å². The number of benzene rings is 2. The van der Waals surface area contributed by atoms with E-state index in [0.717, 1.165) is 12.0 Å². The van der Waals surface area contributed by atoms with E-state index in [0.29, 0.717) is 5.75 Å². The van der Waals surface area contributed by atoms with E-state index in [9.17, 15) is 5.11 Å². The van der Waals surface area contributed by atoms with Crippen LogP contribution in [0.3, 0.4) is 0 Å². The number of hydrogen-bond acceptors (Lipinski definition) is 1. The Morgan fingerprint density at radius 2 is 1.54 bits per heavy atom. The van der Waals surface area contributed by atoms with Crippen LogP contribution in [0.25, 0.3) is 5.57 Å². The van der Waals surface area contributed by atoms with Gasteiger partial charge in [0.15, 0.2) is 0 Å². The molecule has 0 atom stereocenters. The quantitative estimate of drug-likeness (QED) is 0.360. The molecule has 4 heteroatoms. The van der Waals surface area contributed by atoms with Crippen LogP contribution in [-0.2, 0) is 25.4 Å². The zero-order chi connectivity index (χ0) is 19.6. The molecule has 28 heavy (non-hydrogen) atoms. The maximum atomic E-state index is 9.18. The fourth-order valence-electron chi connectivity index (χ4n) is 2.19. The topological polar surface area (TPSA) is 20.2 Å². The molecule has 3 rings (SSSR count). The smallest absolute Gasteiger partial charge is 0.0643 e. The monoisotopic (exact) mass is 453 g/mol. The Hall–Kier alpha value is -1.12. The first-order valence-electron chi connectivity index (χ1n) is 8.84. The van der Waals surface area contributed by atoms with Crippen LogP contribution in [0, 0.1) is 6.08 Å². The SMILES string of the molecule is CC(C)(C)c1cccc(O)c1.C[C](C)=[Ti+].Cl.Cl.[C-]1=C(c2ccccc2)C=CC1. The maximum Gasteiger partial charge on any atom is -0.0643 e. The fourth-order valence-corrected chi connectivity index (χ4v) is 2.19. The number of rotatable bonds is 1. The summed E-state index contributed by atoms with van der Waals surface area (Å²) in [5, 5.41) is 9.18. The van der Waals surface area contributed by atoms with Gasteiger partial charge in [0, 0.05) is 0 Å². The van der Waals surface area contributed by atoms with Crippen molar-refractivity contribution in [3.05, 3.63) is 84.0 Å². The van der Waals surface area contributed by atoms with E-state index < -0.39 is 0 Å². The third kappa shape index (κ3) is 12.4. The molecule has 0 heterocycles. The van der Waals surface area contributed by atoms with Crippen molar-refractivity contribution in [2.45, 2.75) is 46.5 Å². The van der Waals surface area contributed by atoms with Gasteiger partial charge in [-0.25, -0.2) is 0 Å². The minimum atomic E-state index is 0. The summed E-state index contributed by atoms with van der Waals surface area (Å²) < 4.78 is 1.42. The predicted molar refractivity (Wildman–Crippen MR) is 125 cm³/mol. The Morgan fingerprint density at radius 1 is 0.964 bits per heavy atom. The zero-order valence-corrected chi connectivity index (χ0v) is 20.5. The van der Waals surface area contributed by atoms with Gasteiger partial charge in [-0.05, 0) is 23.1 Å². The summed E-state index contributed by atoms with van der Waals surface area (Å²) in [4.78, 5) is 0.